The Morgan fingerprint density at radius 1 is 1.11 bits per heavy atom. The highest BCUT2D eigenvalue weighted by molar-refractivity contribution is 5.69. The highest BCUT2D eigenvalue weighted by Crippen LogP contribution is 2.42. The highest BCUT2D eigenvalue weighted by atomic mass is 16.1. The van der Waals surface area contributed by atoms with Gasteiger partial charge in [-0.2, -0.15) is 9.98 Å². The highest BCUT2D eigenvalue weighted by Gasteiger charge is 2.21. The largest absolute Gasteiger partial charge is 0.240 e. The first kappa shape index (κ1) is 12.4. The summed E-state index contributed by atoms with van der Waals surface area (Å²) < 4.78 is 0. The van der Waals surface area contributed by atoms with E-state index in [1.54, 1.807) is 12.1 Å². The molecule has 1 fully saturated rings. The van der Waals surface area contributed by atoms with Crippen LogP contribution in [0.3, 0.4) is 0 Å². The van der Waals surface area contributed by atoms with E-state index >= 15 is 0 Å². The molecule has 2 rings (SSSR count). The van der Waals surface area contributed by atoms with E-state index in [0.717, 1.165) is 24.0 Å². The SMILES string of the molecule is Cc1c(N=C=O)ccc(C2CCCC2)c1N=C=O. The molecule has 92 valence electrons. The minimum Gasteiger partial charge on any atom is -0.211 e. The van der Waals surface area contributed by atoms with Gasteiger partial charge in [0.2, 0.25) is 12.2 Å². The Hall–Kier alpha value is -2.02. The molecule has 0 aromatic heterocycles. The molecule has 0 bridgehead atoms. The van der Waals surface area contributed by atoms with E-state index in [2.05, 4.69) is 9.98 Å². The van der Waals surface area contributed by atoms with Crippen molar-refractivity contribution >= 4 is 23.5 Å². The maximum absolute atomic E-state index is 10.6. The van der Waals surface area contributed by atoms with Gasteiger partial charge in [-0.25, -0.2) is 9.59 Å². The van der Waals surface area contributed by atoms with Gasteiger partial charge in [0.25, 0.3) is 0 Å². The summed E-state index contributed by atoms with van der Waals surface area (Å²) in [6.45, 7) is 1.81. The minimum absolute atomic E-state index is 0.449. The van der Waals surface area contributed by atoms with Crippen molar-refractivity contribution in [3.05, 3.63) is 23.3 Å². The van der Waals surface area contributed by atoms with E-state index in [9.17, 15) is 9.59 Å². The Balaban J connectivity index is 2.55. The Kier molecular flexibility index (Phi) is 3.83. The molecule has 4 heteroatoms. The second-order valence-corrected chi connectivity index (χ2v) is 4.54. The van der Waals surface area contributed by atoms with E-state index in [0.29, 0.717) is 17.3 Å². The van der Waals surface area contributed by atoms with Crippen LogP contribution in [-0.4, -0.2) is 12.2 Å². The lowest BCUT2D eigenvalue weighted by molar-refractivity contribution is 0.564. The van der Waals surface area contributed by atoms with Crippen LogP contribution in [0.5, 0.6) is 0 Å². The van der Waals surface area contributed by atoms with Crippen molar-refractivity contribution in [2.24, 2.45) is 9.98 Å². The standard InChI is InChI=1S/C14H14N2O2/c1-10-13(15-8-17)7-6-12(14(10)16-9-18)11-4-2-3-5-11/h6-7,11H,2-5H2,1H3. The Morgan fingerprint density at radius 2 is 1.78 bits per heavy atom. The molecular formula is C14H14N2O2. The molecule has 0 atom stereocenters. The van der Waals surface area contributed by atoms with Gasteiger partial charge in [-0.1, -0.05) is 18.9 Å². The number of isocyanates is 2. The van der Waals surface area contributed by atoms with Gasteiger partial charge in [0.1, 0.15) is 0 Å². The molecule has 0 amide bonds. The zero-order valence-electron chi connectivity index (χ0n) is 10.3. The third-order valence-electron chi connectivity index (χ3n) is 3.55. The molecule has 1 aromatic carbocycles. The lowest BCUT2D eigenvalue weighted by Gasteiger charge is -2.14. The number of aliphatic imine (C=N–C) groups is 2. The van der Waals surface area contributed by atoms with Gasteiger partial charge in [0, 0.05) is 5.56 Å². The molecule has 18 heavy (non-hydrogen) atoms. The molecule has 0 aliphatic heterocycles. The number of nitrogens with zero attached hydrogens (tertiary/aromatic N) is 2. The van der Waals surface area contributed by atoms with Gasteiger partial charge < -0.3 is 0 Å². The smallest absolute Gasteiger partial charge is 0.211 e. The minimum atomic E-state index is 0.449. The van der Waals surface area contributed by atoms with Crippen LogP contribution < -0.4 is 0 Å². The summed E-state index contributed by atoms with van der Waals surface area (Å²) in [4.78, 5) is 28.3. The molecule has 0 heterocycles. The number of carbonyl (C=O) groups excluding carboxylic acids is 2. The fourth-order valence-electron chi connectivity index (χ4n) is 2.64. The molecule has 1 aliphatic carbocycles. The predicted octanol–water partition coefficient (Wildman–Crippen LogP) is 3.59. The summed E-state index contributed by atoms with van der Waals surface area (Å²) >= 11 is 0. The molecule has 1 aromatic rings. The van der Waals surface area contributed by atoms with Crippen LogP contribution in [0.15, 0.2) is 22.1 Å². The van der Waals surface area contributed by atoms with Crippen LogP contribution >= 0.6 is 0 Å². The van der Waals surface area contributed by atoms with Crippen molar-refractivity contribution in [2.45, 2.75) is 38.5 Å². The molecule has 4 nitrogen and oxygen atoms in total. The zero-order chi connectivity index (χ0) is 13.0. The molecule has 0 spiro atoms. The monoisotopic (exact) mass is 242 g/mol. The number of hydrogen-bond acceptors (Lipinski definition) is 4. The average molecular weight is 242 g/mol. The van der Waals surface area contributed by atoms with Gasteiger partial charge in [-0.15, -0.1) is 0 Å². The van der Waals surface area contributed by atoms with E-state index in [4.69, 9.17) is 0 Å². The van der Waals surface area contributed by atoms with Crippen LogP contribution in [0.4, 0.5) is 11.4 Å². The summed E-state index contributed by atoms with van der Waals surface area (Å²) in [7, 11) is 0. The van der Waals surface area contributed by atoms with E-state index in [-0.39, 0.29) is 0 Å². The van der Waals surface area contributed by atoms with E-state index in [1.807, 2.05) is 13.0 Å². The summed E-state index contributed by atoms with van der Waals surface area (Å²) in [6, 6.07) is 3.70. The van der Waals surface area contributed by atoms with Gasteiger partial charge in [0.15, 0.2) is 0 Å². The lowest BCUT2D eigenvalue weighted by Crippen LogP contribution is -1.94. The van der Waals surface area contributed by atoms with Crippen molar-refractivity contribution in [1.29, 1.82) is 0 Å². The topological polar surface area (TPSA) is 58.9 Å². The van der Waals surface area contributed by atoms with Gasteiger partial charge in [-0.3, -0.25) is 0 Å². The van der Waals surface area contributed by atoms with Crippen LogP contribution in [0.1, 0.15) is 42.7 Å². The third kappa shape index (κ3) is 2.30. The van der Waals surface area contributed by atoms with E-state index < -0.39 is 0 Å². The van der Waals surface area contributed by atoms with Crippen molar-refractivity contribution in [1.82, 2.24) is 0 Å². The van der Waals surface area contributed by atoms with E-state index in [1.165, 1.54) is 18.9 Å². The van der Waals surface area contributed by atoms with Crippen LogP contribution in [0.2, 0.25) is 0 Å². The van der Waals surface area contributed by atoms with Crippen LogP contribution in [-0.2, 0) is 9.59 Å². The Morgan fingerprint density at radius 3 is 2.39 bits per heavy atom. The fraction of sp³-hybridized carbons (Fsp3) is 0.429. The molecule has 1 saturated carbocycles. The summed E-state index contributed by atoms with van der Waals surface area (Å²) in [5.74, 6) is 0.449. The molecule has 0 N–H and O–H groups in total. The molecular weight excluding hydrogens is 228 g/mol. The summed E-state index contributed by atoms with van der Waals surface area (Å²) in [5.41, 5.74) is 2.94. The quantitative estimate of drug-likeness (QED) is 0.600. The Labute approximate surface area is 105 Å². The van der Waals surface area contributed by atoms with Crippen molar-refractivity contribution in [3.8, 4) is 0 Å². The second kappa shape index (κ2) is 5.54. The number of rotatable bonds is 3. The van der Waals surface area contributed by atoms with Crippen LogP contribution in [0.25, 0.3) is 0 Å². The Bertz CT molecular complexity index is 547. The van der Waals surface area contributed by atoms with Crippen molar-refractivity contribution in [2.75, 3.05) is 0 Å². The summed E-state index contributed by atoms with van der Waals surface area (Å²) in [5, 5.41) is 0. The van der Waals surface area contributed by atoms with Gasteiger partial charge >= 0.3 is 0 Å². The van der Waals surface area contributed by atoms with Crippen molar-refractivity contribution in [3.63, 3.8) is 0 Å². The van der Waals surface area contributed by atoms with Gasteiger partial charge in [0.05, 0.1) is 11.4 Å². The normalized spacial score (nSPS) is 14.9. The first-order valence-electron chi connectivity index (χ1n) is 6.07. The second-order valence-electron chi connectivity index (χ2n) is 4.54. The lowest BCUT2D eigenvalue weighted by atomic mass is 9.93. The fourth-order valence-corrected chi connectivity index (χ4v) is 2.64. The predicted molar refractivity (Wildman–Crippen MR) is 68.0 cm³/mol. The maximum Gasteiger partial charge on any atom is 0.240 e. The van der Waals surface area contributed by atoms with Crippen LogP contribution in [0, 0.1) is 6.92 Å². The maximum atomic E-state index is 10.6. The molecule has 1 aliphatic rings. The third-order valence-corrected chi connectivity index (χ3v) is 3.55. The summed E-state index contributed by atoms with van der Waals surface area (Å²) in [6.07, 6.45) is 7.78. The number of benzene rings is 1. The van der Waals surface area contributed by atoms with Crippen molar-refractivity contribution < 1.29 is 9.59 Å². The first-order chi connectivity index (χ1) is 8.77. The first-order valence-corrected chi connectivity index (χ1v) is 6.07. The average Bonchev–Trinajstić information content (AvgIpc) is 2.88. The van der Waals surface area contributed by atoms with Gasteiger partial charge in [-0.05, 0) is 37.3 Å². The molecule has 0 unspecified atom stereocenters. The molecule has 0 saturated heterocycles. The number of hydrogen-bond donors (Lipinski definition) is 0. The molecule has 0 radical (unpaired) electrons. The zero-order valence-corrected chi connectivity index (χ0v) is 10.3.